The Morgan fingerprint density at radius 2 is 2.11 bits per heavy atom. The van der Waals surface area contributed by atoms with Crippen molar-refractivity contribution in [2.24, 2.45) is 0 Å². The lowest BCUT2D eigenvalue weighted by molar-refractivity contribution is -0.126. The molecule has 1 aliphatic carbocycles. The summed E-state index contributed by atoms with van der Waals surface area (Å²) in [7, 11) is 0. The summed E-state index contributed by atoms with van der Waals surface area (Å²) < 4.78 is 11.1. The Morgan fingerprint density at radius 1 is 1.30 bits per heavy atom. The predicted molar refractivity (Wildman–Crippen MR) is 105 cm³/mol. The molecule has 27 heavy (non-hydrogen) atoms. The molecule has 0 radical (unpaired) electrons. The lowest BCUT2D eigenvalue weighted by atomic mass is 10.0. The van der Waals surface area contributed by atoms with Crippen LogP contribution in [0.2, 0.25) is 5.02 Å². The number of ether oxygens (including phenoxy) is 1. The maximum absolute atomic E-state index is 12.5. The van der Waals surface area contributed by atoms with Gasteiger partial charge >= 0.3 is 0 Å². The van der Waals surface area contributed by atoms with E-state index in [1.165, 1.54) is 18.2 Å². The van der Waals surface area contributed by atoms with Crippen molar-refractivity contribution in [3.05, 3.63) is 47.0 Å². The molecule has 144 valence electrons. The monoisotopic (exact) mass is 407 g/mol. The van der Waals surface area contributed by atoms with E-state index in [9.17, 15) is 4.79 Å². The molecule has 0 unspecified atom stereocenters. The molecule has 1 aromatic heterocycles. The van der Waals surface area contributed by atoms with Gasteiger partial charge < -0.3 is 14.1 Å². The smallest absolute Gasteiger partial charge is 0.277 e. The number of halogens is 1. The van der Waals surface area contributed by atoms with Crippen LogP contribution in [0.5, 0.6) is 5.75 Å². The van der Waals surface area contributed by atoms with Gasteiger partial charge in [-0.3, -0.25) is 4.79 Å². The zero-order chi connectivity index (χ0) is 19.1. The SMILES string of the molecule is CCN(C(=O)CSc1nnc(COc2ccc(Cl)cc2)o1)C1=CCCCC1. The Hall–Kier alpha value is -1.99. The van der Waals surface area contributed by atoms with E-state index in [1.807, 2.05) is 11.8 Å². The average molecular weight is 408 g/mol. The summed E-state index contributed by atoms with van der Waals surface area (Å²) in [6.07, 6.45) is 6.54. The Labute approximate surface area is 167 Å². The molecule has 3 rings (SSSR count). The summed E-state index contributed by atoms with van der Waals surface area (Å²) in [4.78, 5) is 14.4. The van der Waals surface area contributed by atoms with E-state index in [0.29, 0.717) is 28.4 Å². The number of hydrogen-bond acceptors (Lipinski definition) is 6. The van der Waals surface area contributed by atoms with Crippen molar-refractivity contribution in [3.63, 3.8) is 0 Å². The van der Waals surface area contributed by atoms with Gasteiger partial charge in [0, 0.05) is 17.3 Å². The lowest BCUT2D eigenvalue weighted by Gasteiger charge is -2.26. The maximum Gasteiger partial charge on any atom is 0.277 e. The molecule has 8 heteroatoms. The Kier molecular flexibility index (Phi) is 7.18. The van der Waals surface area contributed by atoms with Gasteiger partial charge in [0.2, 0.25) is 5.91 Å². The van der Waals surface area contributed by atoms with E-state index >= 15 is 0 Å². The fraction of sp³-hybridized carbons (Fsp3) is 0.421. The molecule has 2 aromatic rings. The van der Waals surface area contributed by atoms with Crippen LogP contribution >= 0.6 is 23.4 Å². The molecule has 0 saturated carbocycles. The van der Waals surface area contributed by atoms with Crippen LogP contribution < -0.4 is 4.74 Å². The highest BCUT2D eigenvalue weighted by atomic mass is 35.5. The number of nitrogens with zero attached hydrogens (tertiary/aromatic N) is 3. The first kappa shape index (κ1) is 19.8. The van der Waals surface area contributed by atoms with Gasteiger partial charge in [-0.15, -0.1) is 10.2 Å². The van der Waals surface area contributed by atoms with Crippen LogP contribution in [0.3, 0.4) is 0 Å². The van der Waals surface area contributed by atoms with E-state index in [4.69, 9.17) is 20.8 Å². The van der Waals surface area contributed by atoms with Crippen molar-refractivity contribution in [1.29, 1.82) is 0 Å². The van der Waals surface area contributed by atoms with E-state index in [2.05, 4.69) is 16.3 Å². The number of benzene rings is 1. The second-order valence-electron chi connectivity index (χ2n) is 6.07. The first-order valence-electron chi connectivity index (χ1n) is 8.98. The number of hydrogen-bond donors (Lipinski definition) is 0. The molecule has 1 aliphatic rings. The van der Waals surface area contributed by atoms with Crippen LogP contribution in [-0.2, 0) is 11.4 Å². The summed E-state index contributed by atoms with van der Waals surface area (Å²) in [5.41, 5.74) is 1.14. The zero-order valence-electron chi connectivity index (χ0n) is 15.2. The first-order valence-corrected chi connectivity index (χ1v) is 10.3. The maximum atomic E-state index is 12.5. The van der Waals surface area contributed by atoms with Crippen molar-refractivity contribution in [2.75, 3.05) is 12.3 Å². The molecule has 6 nitrogen and oxygen atoms in total. The van der Waals surface area contributed by atoms with Crippen molar-refractivity contribution in [3.8, 4) is 5.75 Å². The number of thioether (sulfide) groups is 1. The Bertz CT molecular complexity index is 792. The Morgan fingerprint density at radius 3 is 2.81 bits per heavy atom. The second kappa shape index (κ2) is 9.80. The number of amides is 1. The molecule has 0 aliphatic heterocycles. The molecule has 0 atom stereocenters. The van der Waals surface area contributed by atoms with E-state index in [0.717, 1.165) is 25.0 Å². The summed E-state index contributed by atoms with van der Waals surface area (Å²) in [5.74, 6) is 1.36. The molecule has 1 heterocycles. The van der Waals surface area contributed by atoms with Gasteiger partial charge in [-0.1, -0.05) is 29.4 Å². The van der Waals surface area contributed by atoms with E-state index < -0.39 is 0 Å². The van der Waals surface area contributed by atoms with Crippen molar-refractivity contribution < 1.29 is 13.9 Å². The van der Waals surface area contributed by atoms with Gasteiger partial charge in [-0.05, 0) is 56.9 Å². The highest BCUT2D eigenvalue weighted by Crippen LogP contribution is 2.23. The summed E-state index contributed by atoms with van der Waals surface area (Å²) in [6, 6.07) is 7.04. The van der Waals surface area contributed by atoms with Crippen molar-refractivity contribution in [2.45, 2.75) is 44.4 Å². The molecule has 0 bridgehead atoms. The summed E-state index contributed by atoms with van der Waals surface area (Å²) >= 11 is 7.09. The van der Waals surface area contributed by atoms with Gasteiger partial charge in [0.15, 0.2) is 6.61 Å². The highest BCUT2D eigenvalue weighted by Gasteiger charge is 2.19. The minimum absolute atomic E-state index is 0.0628. The fourth-order valence-electron chi connectivity index (χ4n) is 2.84. The normalized spacial score (nSPS) is 13.9. The van der Waals surface area contributed by atoms with Crippen LogP contribution in [0.25, 0.3) is 0 Å². The number of carbonyl (C=O) groups excluding carboxylic acids is 1. The van der Waals surface area contributed by atoms with Gasteiger partial charge in [0.25, 0.3) is 11.1 Å². The van der Waals surface area contributed by atoms with Gasteiger partial charge in [-0.25, -0.2) is 0 Å². The third kappa shape index (κ3) is 5.74. The quantitative estimate of drug-likeness (QED) is 0.591. The summed E-state index contributed by atoms with van der Waals surface area (Å²) in [5, 5.41) is 8.94. The van der Waals surface area contributed by atoms with Crippen LogP contribution in [-0.4, -0.2) is 33.3 Å². The minimum Gasteiger partial charge on any atom is -0.484 e. The standard InChI is InChI=1S/C19H22ClN3O3S/c1-2-23(15-6-4-3-5-7-15)18(24)13-27-19-22-21-17(26-19)12-25-16-10-8-14(20)9-11-16/h6,8-11H,2-5,7,12-13H2,1H3. The van der Waals surface area contributed by atoms with Crippen molar-refractivity contribution >= 4 is 29.3 Å². The van der Waals surface area contributed by atoms with Gasteiger partial charge in [0.05, 0.1) is 5.75 Å². The third-order valence-electron chi connectivity index (χ3n) is 4.17. The molecule has 1 aromatic carbocycles. The number of allylic oxidation sites excluding steroid dienone is 2. The van der Waals surface area contributed by atoms with E-state index in [1.54, 1.807) is 24.3 Å². The third-order valence-corrected chi connectivity index (χ3v) is 5.23. The highest BCUT2D eigenvalue weighted by molar-refractivity contribution is 7.99. The predicted octanol–water partition coefficient (Wildman–Crippen LogP) is 4.70. The molecule has 1 amide bonds. The van der Waals surface area contributed by atoms with Crippen molar-refractivity contribution in [1.82, 2.24) is 15.1 Å². The van der Waals surface area contributed by atoms with Crippen LogP contribution in [0, 0.1) is 0 Å². The van der Waals surface area contributed by atoms with Gasteiger partial charge in [-0.2, -0.15) is 0 Å². The van der Waals surface area contributed by atoms with E-state index in [-0.39, 0.29) is 18.3 Å². The van der Waals surface area contributed by atoms with Crippen LogP contribution in [0.4, 0.5) is 0 Å². The average Bonchev–Trinajstić information content (AvgIpc) is 3.15. The number of aromatic nitrogens is 2. The second-order valence-corrected chi connectivity index (χ2v) is 7.44. The molecular weight excluding hydrogens is 386 g/mol. The fourth-order valence-corrected chi connectivity index (χ4v) is 3.62. The molecule has 0 spiro atoms. The Balaban J connectivity index is 1.49. The molecular formula is C19H22ClN3O3S. The largest absolute Gasteiger partial charge is 0.484 e. The first-order chi connectivity index (χ1) is 13.2. The topological polar surface area (TPSA) is 68.5 Å². The minimum atomic E-state index is 0.0628. The van der Waals surface area contributed by atoms with Gasteiger partial charge in [0.1, 0.15) is 5.75 Å². The lowest BCUT2D eigenvalue weighted by Crippen LogP contribution is -2.32. The number of rotatable bonds is 8. The molecule has 0 N–H and O–H groups in total. The molecule has 0 saturated heterocycles. The van der Waals surface area contributed by atoms with Crippen LogP contribution in [0.1, 0.15) is 38.5 Å². The van der Waals surface area contributed by atoms with Crippen LogP contribution in [0.15, 0.2) is 45.7 Å². The molecule has 0 fully saturated rings. The number of carbonyl (C=O) groups is 1. The summed E-state index contributed by atoms with van der Waals surface area (Å²) in [6.45, 7) is 2.84. The zero-order valence-corrected chi connectivity index (χ0v) is 16.8.